The zero-order valence-electron chi connectivity index (χ0n) is 9.81. The monoisotopic (exact) mass is 391 g/mol. The van der Waals surface area contributed by atoms with E-state index in [0.717, 1.165) is 37.0 Å². The third-order valence-corrected chi connectivity index (χ3v) is 4.19. The Kier molecular flexibility index (Phi) is 4.76. The van der Waals surface area contributed by atoms with Crippen LogP contribution in [0.1, 0.15) is 11.1 Å². The summed E-state index contributed by atoms with van der Waals surface area (Å²) in [6.45, 7) is 2.75. The van der Waals surface area contributed by atoms with Crippen molar-refractivity contribution < 1.29 is 0 Å². The maximum Gasteiger partial charge on any atom is 0.0479 e. The van der Waals surface area contributed by atoms with Gasteiger partial charge in [0.2, 0.25) is 0 Å². The van der Waals surface area contributed by atoms with Crippen LogP contribution in [0, 0.1) is 10.5 Å². The first-order valence-corrected chi connectivity index (χ1v) is 7.33. The molecule has 94 valence electrons. The third-order valence-electron chi connectivity index (χ3n) is 2.65. The highest BCUT2D eigenvalue weighted by molar-refractivity contribution is 14.1. The van der Waals surface area contributed by atoms with Gasteiger partial charge in [-0.15, -0.1) is 0 Å². The number of nitrogens with one attached hydrogen (secondary N) is 1. The zero-order chi connectivity index (χ0) is 13.1. The molecule has 0 aromatic heterocycles. The van der Waals surface area contributed by atoms with Gasteiger partial charge in [-0.25, -0.2) is 0 Å². The lowest BCUT2D eigenvalue weighted by Crippen LogP contribution is -2.01. The molecule has 0 saturated heterocycles. The minimum Gasteiger partial charge on any atom is -0.380 e. The highest BCUT2D eigenvalue weighted by Crippen LogP contribution is 2.23. The zero-order valence-corrected chi connectivity index (χ0v) is 13.5. The van der Waals surface area contributed by atoms with Crippen molar-refractivity contribution in [3.8, 4) is 0 Å². The highest BCUT2D eigenvalue weighted by atomic mass is 127. The summed E-state index contributed by atoms with van der Waals surface area (Å²) in [5.41, 5.74) is 3.34. The Morgan fingerprint density at radius 2 is 1.89 bits per heavy atom. The van der Waals surface area contributed by atoms with Gasteiger partial charge in [0.1, 0.15) is 0 Å². The van der Waals surface area contributed by atoms with Crippen LogP contribution in [0.5, 0.6) is 0 Å². The summed E-state index contributed by atoms with van der Waals surface area (Å²) in [7, 11) is 0. The van der Waals surface area contributed by atoms with E-state index < -0.39 is 0 Å². The Balaban J connectivity index is 2.09. The molecule has 0 amide bonds. The van der Waals surface area contributed by atoms with Crippen molar-refractivity contribution >= 4 is 51.5 Å². The predicted molar refractivity (Wildman–Crippen MR) is 87.7 cm³/mol. The summed E-state index contributed by atoms with van der Waals surface area (Å²) in [5, 5.41) is 4.94. The van der Waals surface area contributed by atoms with Crippen molar-refractivity contribution in [3.63, 3.8) is 0 Å². The molecule has 0 spiro atoms. The second-order valence-corrected chi connectivity index (χ2v) is 6.07. The Hall–Kier alpha value is -0.450. The molecule has 18 heavy (non-hydrogen) atoms. The first kappa shape index (κ1) is 14.0. The lowest BCUT2D eigenvalue weighted by Gasteiger charge is -2.10. The standard InChI is InChI=1S/C14H12Cl2IN/c1-9-2-3-10(6-12(9)16)8-18-14-5-4-11(15)7-13(14)17/h2-7,18H,8H2,1H3. The van der Waals surface area contributed by atoms with Gasteiger partial charge < -0.3 is 5.32 Å². The fourth-order valence-electron chi connectivity index (χ4n) is 1.58. The van der Waals surface area contributed by atoms with Gasteiger partial charge in [0.05, 0.1) is 0 Å². The lowest BCUT2D eigenvalue weighted by atomic mass is 10.1. The molecule has 0 radical (unpaired) electrons. The molecule has 0 unspecified atom stereocenters. The van der Waals surface area contributed by atoms with Crippen LogP contribution in [0.25, 0.3) is 0 Å². The first-order valence-electron chi connectivity index (χ1n) is 5.50. The van der Waals surface area contributed by atoms with E-state index in [1.54, 1.807) is 0 Å². The van der Waals surface area contributed by atoms with Crippen LogP contribution in [-0.2, 0) is 6.54 Å². The maximum absolute atomic E-state index is 6.10. The van der Waals surface area contributed by atoms with Crippen molar-refractivity contribution in [2.75, 3.05) is 5.32 Å². The van der Waals surface area contributed by atoms with Crippen LogP contribution in [0.15, 0.2) is 36.4 Å². The van der Waals surface area contributed by atoms with Crippen molar-refractivity contribution in [3.05, 3.63) is 61.1 Å². The Bertz CT molecular complexity index is 570. The normalized spacial score (nSPS) is 10.4. The molecule has 1 nitrogen and oxygen atoms in total. The lowest BCUT2D eigenvalue weighted by molar-refractivity contribution is 1.14. The van der Waals surface area contributed by atoms with E-state index in [1.807, 2.05) is 37.3 Å². The Labute approximate surface area is 131 Å². The van der Waals surface area contributed by atoms with Gasteiger partial charge in [0.15, 0.2) is 0 Å². The smallest absolute Gasteiger partial charge is 0.0479 e. The van der Waals surface area contributed by atoms with Gasteiger partial charge in [-0.05, 0) is 64.9 Å². The molecule has 2 aromatic rings. The number of hydrogen-bond donors (Lipinski definition) is 1. The van der Waals surface area contributed by atoms with Crippen LogP contribution in [0.4, 0.5) is 5.69 Å². The minimum absolute atomic E-state index is 0.748. The van der Waals surface area contributed by atoms with Crippen LogP contribution in [0.3, 0.4) is 0 Å². The number of halogens is 3. The van der Waals surface area contributed by atoms with E-state index >= 15 is 0 Å². The topological polar surface area (TPSA) is 12.0 Å². The summed E-state index contributed by atoms with van der Waals surface area (Å²) < 4.78 is 1.11. The first-order chi connectivity index (χ1) is 8.56. The highest BCUT2D eigenvalue weighted by Gasteiger charge is 2.02. The third kappa shape index (κ3) is 3.53. The SMILES string of the molecule is Cc1ccc(CNc2ccc(Cl)cc2I)cc1Cl. The van der Waals surface area contributed by atoms with Gasteiger partial charge in [-0.2, -0.15) is 0 Å². The van der Waals surface area contributed by atoms with E-state index in [4.69, 9.17) is 23.2 Å². The number of hydrogen-bond acceptors (Lipinski definition) is 1. The van der Waals surface area contributed by atoms with Crippen molar-refractivity contribution in [2.24, 2.45) is 0 Å². The molecular weight excluding hydrogens is 380 g/mol. The van der Waals surface area contributed by atoms with Gasteiger partial charge in [0.25, 0.3) is 0 Å². The average molecular weight is 392 g/mol. The van der Waals surface area contributed by atoms with Gasteiger partial charge in [-0.3, -0.25) is 0 Å². The second-order valence-electron chi connectivity index (χ2n) is 4.06. The van der Waals surface area contributed by atoms with E-state index in [2.05, 4.69) is 34.0 Å². The molecule has 0 saturated carbocycles. The van der Waals surface area contributed by atoms with Crippen LogP contribution >= 0.6 is 45.8 Å². The number of anilines is 1. The van der Waals surface area contributed by atoms with Gasteiger partial charge >= 0.3 is 0 Å². The van der Waals surface area contributed by atoms with Crippen molar-refractivity contribution in [1.29, 1.82) is 0 Å². The van der Waals surface area contributed by atoms with E-state index in [1.165, 1.54) is 0 Å². The fraction of sp³-hybridized carbons (Fsp3) is 0.143. The van der Waals surface area contributed by atoms with Crippen molar-refractivity contribution in [1.82, 2.24) is 0 Å². The summed E-state index contributed by atoms with van der Waals surface area (Å²) >= 11 is 14.3. The second kappa shape index (κ2) is 6.13. The molecule has 0 fully saturated rings. The molecule has 4 heteroatoms. The van der Waals surface area contributed by atoms with Gasteiger partial charge in [-0.1, -0.05) is 35.3 Å². The summed E-state index contributed by atoms with van der Waals surface area (Å²) in [6.07, 6.45) is 0. The maximum atomic E-state index is 6.10. The quantitative estimate of drug-likeness (QED) is 0.679. The molecule has 2 rings (SSSR count). The molecule has 0 atom stereocenters. The molecular formula is C14H12Cl2IN. The Morgan fingerprint density at radius 3 is 2.56 bits per heavy atom. The van der Waals surface area contributed by atoms with Crippen molar-refractivity contribution in [2.45, 2.75) is 13.5 Å². The van der Waals surface area contributed by atoms with E-state index in [-0.39, 0.29) is 0 Å². The fourth-order valence-corrected chi connectivity index (χ4v) is 2.84. The summed E-state index contributed by atoms with van der Waals surface area (Å²) in [5.74, 6) is 0. The summed E-state index contributed by atoms with van der Waals surface area (Å²) in [4.78, 5) is 0. The van der Waals surface area contributed by atoms with Crippen LogP contribution in [-0.4, -0.2) is 0 Å². The average Bonchev–Trinajstić information content (AvgIpc) is 2.32. The van der Waals surface area contributed by atoms with E-state index in [0.29, 0.717) is 0 Å². The van der Waals surface area contributed by atoms with Crippen LogP contribution < -0.4 is 5.32 Å². The number of benzene rings is 2. The molecule has 0 aliphatic heterocycles. The van der Waals surface area contributed by atoms with Crippen LogP contribution in [0.2, 0.25) is 10.0 Å². The number of aryl methyl sites for hydroxylation is 1. The minimum atomic E-state index is 0.748. The Morgan fingerprint density at radius 1 is 1.11 bits per heavy atom. The molecule has 0 aliphatic rings. The largest absolute Gasteiger partial charge is 0.380 e. The molecule has 2 aromatic carbocycles. The molecule has 0 bridgehead atoms. The van der Waals surface area contributed by atoms with E-state index in [9.17, 15) is 0 Å². The summed E-state index contributed by atoms with van der Waals surface area (Å²) in [6, 6.07) is 11.9. The molecule has 0 heterocycles. The number of rotatable bonds is 3. The predicted octanol–water partition coefficient (Wildman–Crippen LogP) is 5.52. The molecule has 0 aliphatic carbocycles. The van der Waals surface area contributed by atoms with Gasteiger partial charge in [0, 0.05) is 25.8 Å². The molecule has 1 N–H and O–H groups in total.